The van der Waals surface area contributed by atoms with E-state index in [9.17, 15) is 9.59 Å². The fourth-order valence-electron chi connectivity index (χ4n) is 2.35. The lowest BCUT2D eigenvalue weighted by Gasteiger charge is -2.21. The van der Waals surface area contributed by atoms with Gasteiger partial charge in [0.25, 0.3) is 5.91 Å². The van der Waals surface area contributed by atoms with Gasteiger partial charge in [-0.2, -0.15) is 0 Å². The van der Waals surface area contributed by atoms with Gasteiger partial charge < -0.3 is 20.1 Å². The van der Waals surface area contributed by atoms with Gasteiger partial charge in [-0.05, 0) is 25.5 Å². The third-order valence-corrected chi connectivity index (χ3v) is 3.60. The highest BCUT2D eigenvalue weighted by Crippen LogP contribution is 2.33. The summed E-state index contributed by atoms with van der Waals surface area (Å²) in [5.74, 6) is 0.946. The van der Waals surface area contributed by atoms with Crippen molar-refractivity contribution in [2.75, 3.05) is 32.6 Å². The van der Waals surface area contributed by atoms with E-state index in [0.29, 0.717) is 24.6 Å². The first-order valence-electron chi connectivity index (χ1n) is 7.06. The van der Waals surface area contributed by atoms with E-state index in [4.69, 9.17) is 9.47 Å². The maximum Gasteiger partial charge on any atom is 0.324 e. The van der Waals surface area contributed by atoms with E-state index in [1.54, 1.807) is 27.2 Å². The number of aryl methyl sites for hydroxylation is 1. The van der Waals surface area contributed by atoms with Crippen LogP contribution in [0.15, 0.2) is 12.1 Å². The van der Waals surface area contributed by atoms with Crippen molar-refractivity contribution in [1.29, 1.82) is 0 Å². The Morgan fingerprint density at radius 1 is 1.32 bits per heavy atom. The lowest BCUT2D eigenvalue weighted by Crippen LogP contribution is -2.43. The highest BCUT2D eigenvalue weighted by molar-refractivity contribution is 5.99. The van der Waals surface area contributed by atoms with E-state index in [1.807, 2.05) is 13.0 Å². The molecule has 2 N–H and O–H groups in total. The fraction of sp³-hybridized carbons (Fsp3) is 0.467. The minimum absolute atomic E-state index is 0.260. The van der Waals surface area contributed by atoms with Crippen LogP contribution in [0, 0.1) is 6.92 Å². The van der Waals surface area contributed by atoms with Crippen LogP contribution in [-0.4, -0.2) is 50.2 Å². The van der Waals surface area contributed by atoms with Crippen LogP contribution in [-0.2, 0) is 4.79 Å². The molecule has 0 aromatic heterocycles. The van der Waals surface area contributed by atoms with Crippen molar-refractivity contribution in [2.24, 2.45) is 0 Å². The predicted octanol–water partition coefficient (Wildman–Crippen LogP) is 1.36. The third kappa shape index (κ3) is 3.08. The number of carbonyl (C=O) groups is 2. The van der Waals surface area contributed by atoms with Crippen molar-refractivity contribution in [3.05, 3.63) is 17.7 Å². The Morgan fingerprint density at radius 2 is 1.95 bits per heavy atom. The largest absolute Gasteiger partial charge is 0.493 e. The third-order valence-electron chi connectivity index (χ3n) is 3.60. The summed E-state index contributed by atoms with van der Waals surface area (Å²) in [7, 11) is 3.13. The summed E-state index contributed by atoms with van der Waals surface area (Å²) in [5.41, 5.74) is 1.68. The van der Waals surface area contributed by atoms with Gasteiger partial charge in [-0.25, -0.2) is 4.79 Å². The molecule has 1 atom stereocenters. The molecule has 1 aliphatic heterocycles. The number of anilines is 1. The molecule has 0 spiro atoms. The zero-order valence-electron chi connectivity index (χ0n) is 13.2. The molecule has 7 heteroatoms. The molecule has 0 saturated carbocycles. The number of hydrogen-bond acceptors (Lipinski definition) is 5. The molecule has 120 valence electrons. The van der Waals surface area contributed by atoms with Crippen molar-refractivity contribution in [3.8, 4) is 11.5 Å². The van der Waals surface area contributed by atoms with Crippen LogP contribution in [0.4, 0.5) is 10.5 Å². The van der Waals surface area contributed by atoms with Crippen molar-refractivity contribution >= 4 is 17.6 Å². The molecule has 0 aliphatic carbocycles. The van der Waals surface area contributed by atoms with Crippen LogP contribution in [0.1, 0.15) is 12.5 Å². The second kappa shape index (κ2) is 6.55. The van der Waals surface area contributed by atoms with E-state index < -0.39 is 6.04 Å². The van der Waals surface area contributed by atoms with Gasteiger partial charge in [0.2, 0.25) is 0 Å². The number of nitrogens with one attached hydrogen (secondary N) is 2. The van der Waals surface area contributed by atoms with Gasteiger partial charge in [0.05, 0.1) is 14.2 Å². The van der Waals surface area contributed by atoms with E-state index in [1.165, 1.54) is 4.90 Å². The molecule has 1 aromatic rings. The molecule has 3 amide bonds. The molecule has 1 fully saturated rings. The summed E-state index contributed by atoms with van der Waals surface area (Å²) in [4.78, 5) is 25.1. The molecule has 22 heavy (non-hydrogen) atoms. The van der Waals surface area contributed by atoms with Crippen molar-refractivity contribution in [3.63, 3.8) is 0 Å². The normalized spacial score (nSPS) is 15.3. The molecular formula is C15H21N3O4. The van der Waals surface area contributed by atoms with Crippen LogP contribution < -0.4 is 20.1 Å². The van der Waals surface area contributed by atoms with Crippen LogP contribution in [0.3, 0.4) is 0 Å². The number of carbonyl (C=O) groups excluding carboxylic acids is 2. The molecule has 7 nitrogen and oxygen atoms in total. The van der Waals surface area contributed by atoms with Crippen LogP contribution in [0.25, 0.3) is 0 Å². The smallest absolute Gasteiger partial charge is 0.324 e. The molecule has 0 radical (unpaired) electrons. The Balaban J connectivity index is 2.15. The van der Waals surface area contributed by atoms with Gasteiger partial charge in [0.1, 0.15) is 6.04 Å². The number of ether oxygens (including phenoxy) is 2. The van der Waals surface area contributed by atoms with E-state index >= 15 is 0 Å². The summed E-state index contributed by atoms with van der Waals surface area (Å²) in [6.07, 6.45) is 0. The first-order valence-corrected chi connectivity index (χ1v) is 7.06. The Kier molecular flexibility index (Phi) is 4.75. The standard InChI is InChI=1S/C15H21N3O4/c1-9-7-12(21-3)13(22-4)8-11(9)17-10(2)14(19)18-6-5-16-15(18)20/h7-8,10,17H,5-6H2,1-4H3,(H,16,20)/t10-/m0/s1. The zero-order valence-corrected chi connectivity index (χ0v) is 13.2. The molecule has 2 rings (SSSR count). The molecule has 1 heterocycles. The molecule has 0 bridgehead atoms. The average Bonchev–Trinajstić information content (AvgIpc) is 2.93. The number of amides is 3. The highest BCUT2D eigenvalue weighted by Gasteiger charge is 2.29. The summed E-state index contributed by atoms with van der Waals surface area (Å²) in [5, 5.41) is 5.74. The molecule has 0 unspecified atom stereocenters. The number of urea groups is 1. The minimum Gasteiger partial charge on any atom is -0.493 e. The van der Waals surface area contributed by atoms with Gasteiger partial charge in [0, 0.05) is 24.8 Å². The zero-order chi connectivity index (χ0) is 16.3. The second-order valence-electron chi connectivity index (χ2n) is 5.11. The first kappa shape index (κ1) is 15.9. The van der Waals surface area contributed by atoms with Gasteiger partial charge in [-0.1, -0.05) is 0 Å². The predicted molar refractivity (Wildman–Crippen MR) is 82.5 cm³/mol. The lowest BCUT2D eigenvalue weighted by atomic mass is 10.1. The number of methoxy groups -OCH3 is 2. The Bertz CT molecular complexity index is 588. The first-order chi connectivity index (χ1) is 10.5. The topological polar surface area (TPSA) is 79.9 Å². The molecule has 1 aliphatic rings. The van der Waals surface area contributed by atoms with E-state index in [0.717, 1.165) is 11.3 Å². The van der Waals surface area contributed by atoms with Gasteiger partial charge in [-0.3, -0.25) is 9.69 Å². The quantitative estimate of drug-likeness (QED) is 0.858. The Hall–Kier alpha value is -2.44. The summed E-state index contributed by atoms with van der Waals surface area (Å²) in [6.45, 7) is 4.52. The van der Waals surface area contributed by atoms with Crippen LogP contribution in [0.5, 0.6) is 11.5 Å². The number of hydrogen-bond donors (Lipinski definition) is 2. The number of nitrogens with zero attached hydrogens (tertiary/aromatic N) is 1. The Labute approximate surface area is 129 Å². The van der Waals surface area contributed by atoms with Crippen molar-refractivity contribution < 1.29 is 19.1 Å². The maximum absolute atomic E-state index is 12.3. The van der Waals surface area contributed by atoms with Crippen molar-refractivity contribution in [1.82, 2.24) is 10.2 Å². The van der Waals surface area contributed by atoms with Crippen molar-refractivity contribution in [2.45, 2.75) is 19.9 Å². The average molecular weight is 307 g/mol. The summed E-state index contributed by atoms with van der Waals surface area (Å²) < 4.78 is 10.5. The van der Waals surface area contributed by atoms with Crippen LogP contribution in [0.2, 0.25) is 0 Å². The Morgan fingerprint density at radius 3 is 2.50 bits per heavy atom. The minimum atomic E-state index is -0.527. The summed E-state index contributed by atoms with van der Waals surface area (Å²) in [6, 6.07) is 2.74. The second-order valence-corrected chi connectivity index (χ2v) is 5.11. The van der Waals surface area contributed by atoms with Gasteiger partial charge in [0.15, 0.2) is 11.5 Å². The van der Waals surface area contributed by atoms with Crippen LogP contribution >= 0.6 is 0 Å². The molecular weight excluding hydrogens is 286 g/mol. The van der Waals surface area contributed by atoms with Gasteiger partial charge >= 0.3 is 6.03 Å². The molecule has 1 saturated heterocycles. The number of imide groups is 1. The van der Waals surface area contributed by atoms with E-state index in [2.05, 4.69) is 10.6 Å². The van der Waals surface area contributed by atoms with Gasteiger partial charge in [-0.15, -0.1) is 0 Å². The monoisotopic (exact) mass is 307 g/mol. The highest BCUT2D eigenvalue weighted by atomic mass is 16.5. The number of benzene rings is 1. The lowest BCUT2D eigenvalue weighted by molar-refractivity contribution is -0.128. The van der Waals surface area contributed by atoms with E-state index in [-0.39, 0.29) is 11.9 Å². The number of rotatable bonds is 5. The summed E-state index contributed by atoms with van der Waals surface area (Å²) >= 11 is 0. The molecule has 1 aromatic carbocycles. The maximum atomic E-state index is 12.3. The fourth-order valence-corrected chi connectivity index (χ4v) is 2.35. The SMILES string of the molecule is COc1cc(C)c(N[C@@H](C)C(=O)N2CCNC2=O)cc1OC.